The van der Waals surface area contributed by atoms with Crippen LogP contribution in [0.25, 0.3) is 0 Å². The number of nitriles is 1. The number of carbonyl (C=O) groups is 1. The molecule has 4 nitrogen and oxygen atoms in total. The Bertz CT molecular complexity index is 512. The summed E-state index contributed by atoms with van der Waals surface area (Å²) in [6, 6.07) is 2.37. The SMILES string of the molecule is N#Cc1cc(F)c(NC(C(=O)O)C2CC2)c(F)c1. The van der Waals surface area contributed by atoms with Gasteiger partial charge in [0.15, 0.2) is 11.6 Å². The smallest absolute Gasteiger partial charge is 0.326 e. The third-order valence-corrected chi connectivity index (χ3v) is 2.83. The molecule has 2 N–H and O–H groups in total. The molecule has 1 saturated carbocycles. The van der Waals surface area contributed by atoms with Crippen LogP contribution in [0, 0.1) is 28.9 Å². The molecule has 0 saturated heterocycles. The number of nitrogens with zero attached hydrogens (tertiary/aromatic N) is 1. The maximum absolute atomic E-state index is 13.6. The topological polar surface area (TPSA) is 73.1 Å². The number of anilines is 1. The molecule has 0 aromatic heterocycles. The summed E-state index contributed by atoms with van der Waals surface area (Å²) in [6.07, 6.45) is 1.45. The van der Waals surface area contributed by atoms with E-state index in [9.17, 15) is 13.6 Å². The molecule has 1 fully saturated rings. The molecule has 0 amide bonds. The number of rotatable bonds is 4. The maximum Gasteiger partial charge on any atom is 0.326 e. The van der Waals surface area contributed by atoms with Gasteiger partial charge in [0.1, 0.15) is 11.7 Å². The van der Waals surface area contributed by atoms with Crippen LogP contribution in [-0.2, 0) is 4.79 Å². The molecule has 94 valence electrons. The van der Waals surface area contributed by atoms with Gasteiger partial charge in [-0.25, -0.2) is 13.6 Å². The second-order valence-corrected chi connectivity index (χ2v) is 4.22. The van der Waals surface area contributed by atoms with Gasteiger partial charge in [0.25, 0.3) is 0 Å². The van der Waals surface area contributed by atoms with Crippen molar-refractivity contribution in [3.05, 3.63) is 29.3 Å². The Morgan fingerprint density at radius 1 is 1.44 bits per heavy atom. The Balaban J connectivity index is 2.28. The van der Waals surface area contributed by atoms with E-state index in [-0.39, 0.29) is 11.5 Å². The first-order chi connectivity index (χ1) is 8.52. The van der Waals surface area contributed by atoms with Gasteiger partial charge in [-0.15, -0.1) is 0 Å². The van der Waals surface area contributed by atoms with Crippen molar-refractivity contribution in [2.75, 3.05) is 5.32 Å². The Labute approximate surface area is 102 Å². The lowest BCUT2D eigenvalue weighted by Gasteiger charge is -2.16. The molecule has 0 bridgehead atoms. The van der Waals surface area contributed by atoms with Crippen LogP contribution in [0.2, 0.25) is 0 Å². The van der Waals surface area contributed by atoms with Crippen LogP contribution in [0.3, 0.4) is 0 Å². The number of carboxylic acids is 1. The summed E-state index contributed by atoms with van der Waals surface area (Å²) in [6.45, 7) is 0. The highest BCUT2D eigenvalue weighted by Crippen LogP contribution is 2.35. The fourth-order valence-corrected chi connectivity index (χ4v) is 1.74. The van der Waals surface area contributed by atoms with E-state index in [4.69, 9.17) is 10.4 Å². The van der Waals surface area contributed by atoms with Crippen molar-refractivity contribution in [3.63, 3.8) is 0 Å². The van der Waals surface area contributed by atoms with Gasteiger partial charge in [-0.1, -0.05) is 0 Å². The van der Waals surface area contributed by atoms with E-state index >= 15 is 0 Å². The minimum atomic E-state index is -1.14. The Morgan fingerprint density at radius 3 is 2.39 bits per heavy atom. The number of nitrogens with one attached hydrogen (secondary N) is 1. The lowest BCUT2D eigenvalue weighted by atomic mass is 10.1. The Kier molecular flexibility index (Phi) is 3.15. The molecule has 1 aromatic rings. The van der Waals surface area contributed by atoms with Crippen LogP contribution in [0.4, 0.5) is 14.5 Å². The third kappa shape index (κ3) is 2.40. The van der Waals surface area contributed by atoms with E-state index in [2.05, 4.69) is 5.32 Å². The van der Waals surface area contributed by atoms with Crippen molar-refractivity contribution < 1.29 is 18.7 Å². The minimum absolute atomic E-state index is 0.100. The van der Waals surface area contributed by atoms with Crippen molar-refractivity contribution in [1.29, 1.82) is 5.26 Å². The van der Waals surface area contributed by atoms with E-state index in [1.165, 1.54) is 0 Å². The number of benzene rings is 1. The average Bonchev–Trinajstić information content (AvgIpc) is 3.11. The fourth-order valence-electron chi connectivity index (χ4n) is 1.74. The molecule has 0 heterocycles. The number of halogens is 2. The van der Waals surface area contributed by atoms with E-state index in [1.54, 1.807) is 6.07 Å². The van der Waals surface area contributed by atoms with Gasteiger partial charge < -0.3 is 10.4 Å². The quantitative estimate of drug-likeness (QED) is 0.860. The molecular weight excluding hydrogens is 242 g/mol. The minimum Gasteiger partial charge on any atom is -0.480 e. The van der Waals surface area contributed by atoms with Gasteiger partial charge in [0, 0.05) is 0 Å². The second kappa shape index (κ2) is 4.61. The first-order valence-electron chi connectivity index (χ1n) is 5.41. The standard InChI is InChI=1S/C12H10F2N2O2/c13-8-3-6(5-15)4-9(14)11(8)16-10(12(17)18)7-1-2-7/h3-4,7,10,16H,1-2H2,(H,17,18). The van der Waals surface area contributed by atoms with E-state index in [0.29, 0.717) is 0 Å². The van der Waals surface area contributed by atoms with Crippen LogP contribution in [0.5, 0.6) is 0 Å². The molecule has 1 aliphatic carbocycles. The molecule has 0 spiro atoms. The second-order valence-electron chi connectivity index (χ2n) is 4.22. The highest BCUT2D eigenvalue weighted by Gasteiger charge is 2.37. The van der Waals surface area contributed by atoms with Gasteiger partial charge in [0.05, 0.1) is 11.6 Å². The summed E-state index contributed by atoms with van der Waals surface area (Å²) in [4.78, 5) is 11.0. The van der Waals surface area contributed by atoms with Gasteiger partial charge in [-0.2, -0.15) is 5.26 Å². The average molecular weight is 252 g/mol. The van der Waals surface area contributed by atoms with E-state index in [1.807, 2.05) is 0 Å². The zero-order chi connectivity index (χ0) is 13.3. The van der Waals surface area contributed by atoms with Crippen LogP contribution in [0.1, 0.15) is 18.4 Å². The van der Waals surface area contributed by atoms with Crippen molar-refractivity contribution in [1.82, 2.24) is 0 Å². The van der Waals surface area contributed by atoms with Crippen LogP contribution in [0.15, 0.2) is 12.1 Å². The Hall–Kier alpha value is -2.16. The van der Waals surface area contributed by atoms with Crippen molar-refractivity contribution in [2.24, 2.45) is 5.92 Å². The summed E-state index contributed by atoms with van der Waals surface area (Å²) >= 11 is 0. The lowest BCUT2D eigenvalue weighted by Crippen LogP contribution is -2.32. The summed E-state index contributed by atoms with van der Waals surface area (Å²) in [5, 5.41) is 19.9. The van der Waals surface area contributed by atoms with E-state index < -0.39 is 29.3 Å². The van der Waals surface area contributed by atoms with Crippen molar-refractivity contribution in [3.8, 4) is 6.07 Å². The van der Waals surface area contributed by atoms with Crippen molar-refractivity contribution >= 4 is 11.7 Å². The van der Waals surface area contributed by atoms with E-state index in [0.717, 1.165) is 25.0 Å². The monoisotopic (exact) mass is 252 g/mol. The van der Waals surface area contributed by atoms with Gasteiger partial charge in [-0.05, 0) is 30.9 Å². The molecule has 0 aliphatic heterocycles. The molecule has 1 unspecified atom stereocenters. The molecule has 2 rings (SSSR count). The summed E-state index contributed by atoms with van der Waals surface area (Å²) < 4.78 is 27.1. The molecule has 18 heavy (non-hydrogen) atoms. The van der Waals surface area contributed by atoms with Gasteiger partial charge in [0.2, 0.25) is 0 Å². The summed E-state index contributed by atoms with van der Waals surface area (Å²) in [5.74, 6) is -3.16. The fraction of sp³-hybridized carbons (Fsp3) is 0.333. The van der Waals surface area contributed by atoms with Gasteiger partial charge >= 0.3 is 5.97 Å². The number of hydrogen-bond acceptors (Lipinski definition) is 3. The summed E-state index contributed by atoms with van der Waals surface area (Å²) in [5.41, 5.74) is -0.637. The molecule has 1 aromatic carbocycles. The maximum atomic E-state index is 13.6. The first-order valence-corrected chi connectivity index (χ1v) is 5.41. The highest BCUT2D eigenvalue weighted by atomic mass is 19.1. The molecule has 1 aliphatic rings. The molecular formula is C12H10F2N2O2. The van der Waals surface area contributed by atoms with Gasteiger partial charge in [-0.3, -0.25) is 0 Å². The van der Waals surface area contributed by atoms with Crippen LogP contribution >= 0.6 is 0 Å². The number of carboxylic acid groups (broad SMARTS) is 1. The third-order valence-electron chi connectivity index (χ3n) is 2.83. The number of hydrogen-bond donors (Lipinski definition) is 2. The molecule has 1 atom stereocenters. The molecule has 6 heteroatoms. The predicted octanol–water partition coefficient (Wildman–Crippen LogP) is 2.11. The predicted molar refractivity (Wildman–Crippen MR) is 58.8 cm³/mol. The normalized spacial score (nSPS) is 15.8. The summed E-state index contributed by atoms with van der Waals surface area (Å²) in [7, 11) is 0. The zero-order valence-corrected chi connectivity index (χ0v) is 9.28. The van der Waals surface area contributed by atoms with Crippen LogP contribution < -0.4 is 5.32 Å². The first kappa shape index (κ1) is 12.3. The lowest BCUT2D eigenvalue weighted by molar-refractivity contribution is -0.138. The molecule has 0 radical (unpaired) electrons. The van der Waals surface area contributed by atoms with Crippen molar-refractivity contribution in [2.45, 2.75) is 18.9 Å². The van der Waals surface area contributed by atoms with Crippen LogP contribution in [-0.4, -0.2) is 17.1 Å². The number of aliphatic carboxylic acids is 1. The Morgan fingerprint density at radius 2 is 2.00 bits per heavy atom. The zero-order valence-electron chi connectivity index (χ0n) is 9.28. The largest absolute Gasteiger partial charge is 0.480 e. The highest BCUT2D eigenvalue weighted by molar-refractivity contribution is 5.78.